The summed E-state index contributed by atoms with van der Waals surface area (Å²) in [7, 11) is 1.67. The Hall–Kier alpha value is -1.96. The van der Waals surface area contributed by atoms with Gasteiger partial charge in [-0.1, -0.05) is 36.4 Å². The number of allylic oxidation sites excluding steroid dienone is 3. The first-order chi connectivity index (χ1) is 8.65. The van der Waals surface area contributed by atoms with Crippen LogP contribution in [-0.4, -0.2) is 13.7 Å². The van der Waals surface area contributed by atoms with Gasteiger partial charge in [-0.2, -0.15) is 0 Å². The van der Waals surface area contributed by atoms with Crippen LogP contribution in [0.2, 0.25) is 0 Å². The van der Waals surface area contributed by atoms with E-state index in [1.54, 1.807) is 7.11 Å². The first kappa shape index (κ1) is 14.1. The highest BCUT2D eigenvalue weighted by atomic mass is 16.5. The van der Waals surface area contributed by atoms with Crippen LogP contribution in [0.3, 0.4) is 0 Å². The second kappa shape index (κ2) is 7.38. The maximum Gasteiger partial charge on any atom is 0.120 e. The molecule has 0 unspecified atom stereocenters. The molecule has 2 heteroatoms. The standard InChI is InChI=1S/C16H21NO/c1-5-14(10-9-13(2)3)12-17-15-7-6-8-16(11-15)18-4/h5-11,17H,1,12H2,2-4H3/b14-10+. The predicted molar refractivity (Wildman–Crippen MR) is 79.2 cm³/mol. The summed E-state index contributed by atoms with van der Waals surface area (Å²) in [5.74, 6) is 0.855. The number of methoxy groups -OCH3 is 1. The number of anilines is 1. The maximum atomic E-state index is 5.18. The van der Waals surface area contributed by atoms with Gasteiger partial charge in [-0.05, 0) is 31.6 Å². The van der Waals surface area contributed by atoms with Crippen LogP contribution in [0.4, 0.5) is 5.69 Å². The minimum atomic E-state index is 0.750. The molecule has 0 aromatic heterocycles. The van der Waals surface area contributed by atoms with Crippen molar-refractivity contribution in [3.05, 3.63) is 60.2 Å². The van der Waals surface area contributed by atoms with Crippen molar-refractivity contribution in [2.75, 3.05) is 19.0 Å². The zero-order valence-corrected chi connectivity index (χ0v) is 11.4. The molecule has 0 heterocycles. The average Bonchev–Trinajstić information content (AvgIpc) is 2.39. The molecule has 0 saturated heterocycles. The van der Waals surface area contributed by atoms with E-state index in [1.165, 1.54) is 5.57 Å². The van der Waals surface area contributed by atoms with Gasteiger partial charge < -0.3 is 10.1 Å². The second-order valence-electron chi connectivity index (χ2n) is 4.28. The number of ether oxygens (including phenoxy) is 1. The summed E-state index contributed by atoms with van der Waals surface area (Å²) in [6.45, 7) is 8.73. The molecular formula is C16H21NO. The van der Waals surface area contributed by atoms with Crippen molar-refractivity contribution >= 4 is 5.69 Å². The second-order valence-corrected chi connectivity index (χ2v) is 4.28. The van der Waals surface area contributed by atoms with Crippen molar-refractivity contribution in [2.45, 2.75) is 13.8 Å². The van der Waals surface area contributed by atoms with Gasteiger partial charge in [0.05, 0.1) is 7.11 Å². The lowest BCUT2D eigenvalue weighted by Gasteiger charge is -2.08. The summed E-state index contributed by atoms with van der Waals surface area (Å²) >= 11 is 0. The molecule has 0 spiro atoms. The van der Waals surface area contributed by atoms with E-state index in [2.05, 4.69) is 37.9 Å². The third-order valence-corrected chi connectivity index (χ3v) is 2.46. The number of benzene rings is 1. The SMILES string of the molecule is C=C/C(=C\C=C(C)C)CNc1cccc(OC)c1. The zero-order valence-electron chi connectivity index (χ0n) is 11.4. The number of rotatable bonds is 6. The van der Waals surface area contributed by atoms with Gasteiger partial charge in [0.25, 0.3) is 0 Å². The molecule has 1 aromatic carbocycles. The van der Waals surface area contributed by atoms with Crippen molar-refractivity contribution in [1.29, 1.82) is 0 Å². The lowest BCUT2D eigenvalue weighted by molar-refractivity contribution is 0.415. The minimum Gasteiger partial charge on any atom is -0.497 e. The first-order valence-corrected chi connectivity index (χ1v) is 6.00. The molecule has 18 heavy (non-hydrogen) atoms. The summed E-state index contributed by atoms with van der Waals surface area (Å²) in [5, 5.41) is 3.35. The van der Waals surface area contributed by atoms with E-state index in [-0.39, 0.29) is 0 Å². The van der Waals surface area contributed by atoms with Crippen LogP contribution in [-0.2, 0) is 0 Å². The van der Waals surface area contributed by atoms with E-state index >= 15 is 0 Å². The van der Waals surface area contributed by atoms with Crippen LogP contribution < -0.4 is 10.1 Å². The highest BCUT2D eigenvalue weighted by Gasteiger charge is 1.96. The first-order valence-electron chi connectivity index (χ1n) is 6.00. The Balaban J connectivity index is 2.65. The highest BCUT2D eigenvalue weighted by Crippen LogP contribution is 2.17. The summed E-state index contributed by atoms with van der Waals surface area (Å²) in [6.07, 6.45) is 6.03. The van der Waals surface area contributed by atoms with E-state index in [1.807, 2.05) is 30.3 Å². The molecule has 0 bridgehead atoms. The lowest BCUT2D eigenvalue weighted by atomic mass is 10.2. The molecule has 0 saturated carbocycles. The minimum absolute atomic E-state index is 0.750. The van der Waals surface area contributed by atoms with Crippen molar-refractivity contribution in [1.82, 2.24) is 0 Å². The van der Waals surface area contributed by atoms with E-state index < -0.39 is 0 Å². The Bertz CT molecular complexity index is 454. The Labute approximate surface area is 110 Å². The van der Waals surface area contributed by atoms with Crippen molar-refractivity contribution in [2.24, 2.45) is 0 Å². The predicted octanol–water partition coefficient (Wildman–Crippen LogP) is 4.19. The summed E-state index contributed by atoms with van der Waals surface area (Å²) in [4.78, 5) is 0. The molecule has 0 aliphatic carbocycles. The van der Waals surface area contributed by atoms with Crippen LogP contribution in [0.25, 0.3) is 0 Å². The summed E-state index contributed by atoms with van der Waals surface area (Å²) in [5.41, 5.74) is 3.47. The van der Waals surface area contributed by atoms with Gasteiger partial charge in [-0.15, -0.1) is 0 Å². The van der Waals surface area contributed by atoms with Crippen LogP contribution >= 0.6 is 0 Å². The molecule has 1 N–H and O–H groups in total. The molecule has 0 atom stereocenters. The third kappa shape index (κ3) is 4.91. The molecule has 0 amide bonds. The number of hydrogen-bond acceptors (Lipinski definition) is 2. The van der Waals surface area contributed by atoms with Crippen LogP contribution in [0.15, 0.2) is 60.2 Å². The van der Waals surface area contributed by atoms with Gasteiger partial charge in [-0.25, -0.2) is 0 Å². The molecule has 0 fully saturated rings. The van der Waals surface area contributed by atoms with Gasteiger partial charge in [0.2, 0.25) is 0 Å². The molecule has 96 valence electrons. The average molecular weight is 243 g/mol. The quantitative estimate of drug-likeness (QED) is 0.757. The molecule has 2 nitrogen and oxygen atoms in total. The van der Waals surface area contributed by atoms with E-state index in [0.717, 1.165) is 23.6 Å². The van der Waals surface area contributed by atoms with Gasteiger partial charge in [0.15, 0.2) is 0 Å². The van der Waals surface area contributed by atoms with E-state index in [9.17, 15) is 0 Å². The number of nitrogens with one attached hydrogen (secondary N) is 1. The van der Waals surface area contributed by atoms with Gasteiger partial charge in [0.1, 0.15) is 5.75 Å². The van der Waals surface area contributed by atoms with E-state index in [0.29, 0.717) is 0 Å². The smallest absolute Gasteiger partial charge is 0.120 e. The fourth-order valence-corrected chi connectivity index (χ4v) is 1.41. The Kier molecular flexibility index (Phi) is 5.78. The Morgan fingerprint density at radius 3 is 2.72 bits per heavy atom. The van der Waals surface area contributed by atoms with Crippen LogP contribution in [0.1, 0.15) is 13.8 Å². The van der Waals surface area contributed by atoms with Gasteiger partial charge in [0, 0.05) is 18.3 Å². The molecule has 0 radical (unpaired) electrons. The van der Waals surface area contributed by atoms with Crippen LogP contribution in [0.5, 0.6) is 5.75 Å². The molecule has 0 aliphatic heterocycles. The molecular weight excluding hydrogens is 222 g/mol. The van der Waals surface area contributed by atoms with Crippen molar-refractivity contribution in [3.8, 4) is 5.75 Å². The largest absolute Gasteiger partial charge is 0.497 e. The Morgan fingerprint density at radius 1 is 1.33 bits per heavy atom. The fraction of sp³-hybridized carbons (Fsp3) is 0.250. The fourth-order valence-electron chi connectivity index (χ4n) is 1.41. The van der Waals surface area contributed by atoms with Crippen LogP contribution in [0, 0.1) is 0 Å². The van der Waals surface area contributed by atoms with E-state index in [4.69, 9.17) is 4.74 Å². The van der Waals surface area contributed by atoms with Gasteiger partial charge in [-0.3, -0.25) is 0 Å². The Morgan fingerprint density at radius 2 is 2.11 bits per heavy atom. The van der Waals surface area contributed by atoms with Gasteiger partial charge >= 0.3 is 0 Å². The zero-order chi connectivity index (χ0) is 13.4. The molecule has 1 aromatic rings. The van der Waals surface area contributed by atoms with Crippen molar-refractivity contribution in [3.63, 3.8) is 0 Å². The number of hydrogen-bond donors (Lipinski definition) is 1. The normalized spacial score (nSPS) is 10.7. The topological polar surface area (TPSA) is 21.3 Å². The molecule has 0 aliphatic rings. The monoisotopic (exact) mass is 243 g/mol. The van der Waals surface area contributed by atoms with Crippen molar-refractivity contribution < 1.29 is 4.74 Å². The lowest BCUT2D eigenvalue weighted by Crippen LogP contribution is -2.03. The highest BCUT2D eigenvalue weighted by molar-refractivity contribution is 5.49. The summed E-state index contributed by atoms with van der Waals surface area (Å²) in [6, 6.07) is 7.89. The summed E-state index contributed by atoms with van der Waals surface area (Å²) < 4.78 is 5.18. The molecule has 1 rings (SSSR count). The maximum absolute atomic E-state index is 5.18. The third-order valence-electron chi connectivity index (χ3n) is 2.46.